The van der Waals surface area contributed by atoms with Gasteiger partial charge >= 0.3 is 5.97 Å². The Kier molecular flexibility index (Phi) is 8.06. The molecule has 0 unspecified atom stereocenters. The smallest absolute Gasteiger partial charge is 0.305 e. The fourth-order valence-corrected chi connectivity index (χ4v) is 1.62. The molecule has 2 nitrogen and oxygen atoms in total. The molecule has 0 aliphatic rings. The molecule has 0 saturated heterocycles. The maximum Gasteiger partial charge on any atom is 0.305 e. The summed E-state index contributed by atoms with van der Waals surface area (Å²) in [6.07, 6.45) is 4.72. The topological polar surface area (TPSA) is 26.3 Å². The lowest BCUT2D eigenvalue weighted by atomic mass is 9.99. The summed E-state index contributed by atoms with van der Waals surface area (Å²) in [5.41, 5.74) is 2.98. The van der Waals surface area contributed by atoms with E-state index in [-0.39, 0.29) is 5.97 Å². The van der Waals surface area contributed by atoms with Crippen LogP contribution in [0.4, 0.5) is 0 Å². The third-order valence-electron chi connectivity index (χ3n) is 2.73. The molecule has 0 aromatic rings. The molecule has 0 heterocycles. The molecule has 0 aromatic carbocycles. The van der Waals surface area contributed by atoms with Crippen LogP contribution in [0.5, 0.6) is 0 Å². The highest BCUT2D eigenvalue weighted by Crippen LogP contribution is 2.18. The Morgan fingerprint density at radius 1 is 1.07 bits per heavy atom. The molecule has 0 bridgehead atoms. The fourth-order valence-electron chi connectivity index (χ4n) is 1.62. The second kappa shape index (κ2) is 8.51. The van der Waals surface area contributed by atoms with E-state index >= 15 is 0 Å². The van der Waals surface area contributed by atoms with Crippen LogP contribution in [0.2, 0.25) is 0 Å². The first-order valence-corrected chi connectivity index (χ1v) is 5.98. The van der Waals surface area contributed by atoms with E-state index in [2.05, 4.69) is 20.8 Å². The number of hydrogen-bond donors (Lipinski definition) is 0. The van der Waals surface area contributed by atoms with Crippen molar-refractivity contribution in [2.24, 2.45) is 0 Å². The zero-order chi connectivity index (χ0) is 11.7. The van der Waals surface area contributed by atoms with Gasteiger partial charge in [-0.3, -0.25) is 4.79 Å². The lowest BCUT2D eigenvalue weighted by Crippen LogP contribution is -2.03. The van der Waals surface area contributed by atoms with Crippen LogP contribution in [0.3, 0.4) is 0 Å². The summed E-state index contributed by atoms with van der Waals surface area (Å²) >= 11 is 0. The van der Waals surface area contributed by atoms with Crippen LogP contribution in [0.1, 0.15) is 59.8 Å². The van der Waals surface area contributed by atoms with Crippen molar-refractivity contribution in [1.29, 1.82) is 0 Å². The van der Waals surface area contributed by atoms with E-state index in [0.29, 0.717) is 13.0 Å². The number of hydrogen-bond acceptors (Lipinski definition) is 2. The van der Waals surface area contributed by atoms with Crippen molar-refractivity contribution < 1.29 is 9.53 Å². The van der Waals surface area contributed by atoms with Gasteiger partial charge < -0.3 is 4.74 Å². The summed E-state index contributed by atoms with van der Waals surface area (Å²) in [5.74, 6) is -0.0675. The number of ether oxygens (including phenoxy) is 1. The molecule has 0 rings (SSSR count). The van der Waals surface area contributed by atoms with Gasteiger partial charge in [-0.1, -0.05) is 25.0 Å². The Hall–Kier alpha value is -0.790. The summed E-state index contributed by atoms with van der Waals surface area (Å²) in [5, 5.41) is 0. The van der Waals surface area contributed by atoms with Gasteiger partial charge in [0.15, 0.2) is 0 Å². The van der Waals surface area contributed by atoms with E-state index in [1.165, 1.54) is 11.1 Å². The minimum Gasteiger partial charge on any atom is -0.466 e. The van der Waals surface area contributed by atoms with E-state index in [4.69, 9.17) is 4.74 Å². The highest BCUT2D eigenvalue weighted by molar-refractivity contribution is 5.69. The summed E-state index contributed by atoms with van der Waals surface area (Å²) in [6, 6.07) is 0. The Morgan fingerprint density at radius 2 is 1.73 bits per heavy atom. The summed E-state index contributed by atoms with van der Waals surface area (Å²) < 4.78 is 4.89. The Labute approximate surface area is 93.7 Å². The number of carbonyl (C=O) groups excluding carboxylic acids is 1. The van der Waals surface area contributed by atoms with E-state index in [1.54, 1.807) is 0 Å². The molecule has 0 amide bonds. The molecule has 0 saturated carbocycles. The number of carbonyl (C=O) groups is 1. The third kappa shape index (κ3) is 6.32. The largest absolute Gasteiger partial charge is 0.466 e. The van der Waals surface area contributed by atoms with Gasteiger partial charge in [-0.25, -0.2) is 0 Å². The average molecular weight is 212 g/mol. The second-order valence-electron chi connectivity index (χ2n) is 3.75. The lowest BCUT2D eigenvalue weighted by Gasteiger charge is -2.08. The monoisotopic (exact) mass is 212 g/mol. The van der Waals surface area contributed by atoms with Gasteiger partial charge in [-0.05, 0) is 39.5 Å². The second-order valence-corrected chi connectivity index (χ2v) is 3.75. The van der Waals surface area contributed by atoms with Gasteiger partial charge in [0.1, 0.15) is 0 Å². The summed E-state index contributed by atoms with van der Waals surface area (Å²) in [4.78, 5) is 11.1. The number of esters is 1. The zero-order valence-corrected chi connectivity index (χ0v) is 10.6. The van der Waals surface area contributed by atoms with Crippen LogP contribution in [-0.2, 0) is 9.53 Å². The van der Waals surface area contributed by atoms with Crippen LogP contribution < -0.4 is 0 Å². The standard InChI is InChI=1S/C13H24O2/c1-5-11(4)12(6-2)9-8-10-13(14)15-7-3/h5-10H2,1-4H3. The molecule has 0 radical (unpaired) electrons. The van der Waals surface area contributed by atoms with Crippen molar-refractivity contribution in [2.75, 3.05) is 6.61 Å². The van der Waals surface area contributed by atoms with Crippen molar-refractivity contribution in [3.8, 4) is 0 Å². The van der Waals surface area contributed by atoms with Crippen LogP contribution in [0.15, 0.2) is 11.1 Å². The van der Waals surface area contributed by atoms with Crippen molar-refractivity contribution in [1.82, 2.24) is 0 Å². The molecule has 2 heteroatoms. The zero-order valence-electron chi connectivity index (χ0n) is 10.6. The molecule has 0 atom stereocenters. The maximum atomic E-state index is 11.1. The summed E-state index contributed by atoms with van der Waals surface area (Å²) in [7, 11) is 0. The molecule has 0 aliphatic carbocycles. The van der Waals surface area contributed by atoms with Gasteiger partial charge in [0.05, 0.1) is 6.61 Å². The number of allylic oxidation sites excluding steroid dienone is 2. The molecule has 0 spiro atoms. The van der Waals surface area contributed by atoms with Crippen molar-refractivity contribution in [3.63, 3.8) is 0 Å². The van der Waals surface area contributed by atoms with Gasteiger partial charge in [0.25, 0.3) is 0 Å². The predicted molar refractivity (Wildman–Crippen MR) is 63.8 cm³/mol. The fraction of sp³-hybridized carbons (Fsp3) is 0.769. The molecule has 0 N–H and O–H groups in total. The molecule has 0 aliphatic heterocycles. The first-order chi connectivity index (χ1) is 7.15. The lowest BCUT2D eigenvalue weighted by molar-refractivity contribution is -0.143. The molecule has 15 heavy (non-hydrogen) atoms. The first-order valence-electron chi connectivity index (χ1n) is 5.98. The van der Waals surface area contributed by atoms with Crippen molar-refractivity contribution >= 4 is 5.97 Å². The Balaban J connectivity index is 3.88. The Morgan fingerprint density at radius 3 is 2.20 bits per heavy atom. The SMILES string of the molecule is CCOC(=O)CCCC(CC)=C(C)CC. The quantitative estimate of drug-likeness (QED) is 0.473. The predicted octanol–water partition coefficient (Wildman–Crippen LogP) is 3.86. The minimum absolute atomic E-state index is 0.0675. The van der Waals surface area contributed by atoms with Gasteiger partial charge in [-0.15, -0.1) is 0 Å². The van der Waals surface area contributed by atoms with E-state index in [9.17, 15) is 4.79 Å². The van der Waals surface area contributed by atoms with E-state index < -0.39 is 0 Å². The van der Waals surface area contributed by atoms with Crippen LogP contribution >= 0.6 is 0 Å². The van der Waals surface area contributed by atoms with Crippen LogP contribution in [-0.4, -0.2) is 12.6 Å². The average Bonchev–Trinajstić information content (AvgIpc) is 2.24. The third-order valence-corrected chi connectivity index (χ3v) is 2.73. The Bertz CT molecular complexity index is 217. The molecule has 88 valence electrons. The van der Waals surface area contributed by atoms with E-state index in [0.717, 1.165) is 25.7 Å². The van der Waals surface area contributed by atoms with E-state index in [1.807, 2.05) is 6.92 Å². The van der Waals surface area contributed by atoms with Crippen LogP contribution in [0, 0.1) is 0 Å². The summed E-state index contributed by atoms with van der Waals surface area (Å²) in [6.45, 7) is 8.87. The highest BCUT2D eigenvalue weighted by atomic mass is 16.5. The number of rotatable bonds is 7. The normalized spacial score (nSPS) is 12.3. The molecule has 0 aromatic heterocycles. The molecule has 0 fully saturated rings. The van der Waals surface area contributed by atoms with Crippen molar-refractivity contribution in [3.05, 3.63) is 11.1 Å². The van der Waals surface area contributed by atoms with Gasteiger partial charge in [0.2, 0.25) is 0 Å². The van der Waals surface area contributed by atoms with Gasteiger partial charge in [-0.2, -0.15) is 0 Å². The highest BCUT2D eigenvalue weighted by Gasteiger charge is 2.04. The maximum absolute atomic E-state index is 11.1. The van der Waals surface area contributed by atoms with Gasteiger partial charge in [0, 0.05) is 6.42 Å². The minimum atomic E-state index is -0.0675. The molecular formula is C13H24O2. The molecular weight excluding hydrogens is 188 g/mol. The first kappa shape index (κ1) is 14.2. The van der Waals surface area contributed by atoms with Crippen molar-refractivity contribution in [2.45, 2.75) is 59.8 Å². The van der Waals surface area contributed by atoms with Crippen LogP contribution in [0.25, 0.3) is 0 Å².